The largest absolute Gasteiger partial charge is 0.294 e. The summed E-state index contributed by atoms with van der Waals surface area (Å²) in [4.78, 5) is 20.8. The van der Waals surface area contributed by atoms with E-state index in [0.29, 0.717) is 12.0 Å². The average Bonchev–Trinajstić information content (AvgIpc) is 2.80. The molecule has 0 radical (unpaired) electrons. The van der Waals surface area contributed by atoms with Gasteiger partial charge in [0.05, 0.1) is 16.6 Å². The normalized spacial score (nSPS) is 10.8. The summed E-state index contributed by atoms with van der Waals surface area (Å²) in [7, 11) is 0. The number of rotatable bonds is 3. The fourth-order valence-corrected chi connectivity index (χ4v) is 2.92. The lowest BCUT2D eigenvalue weighted by atomic mass is 10.1. The minimum atomic E-state index is 0.0876. The molecule has 0 aliphatic carbocycles. The molecule has 0 N–H and O–H groups in total. The maximum Gasteiger partial charge on any atom is 0.169 e. The quantitative estimate of drug-likeness (QED) is 0.683. The van der Waals surface area contributed by atoms with Crippen LogP contribution < -0.4 is 0 Å². The maximum absolute atomic E-state index is 12.2. The van der Waals surface area contributed by atoms with Crippen molar-refractivity contribution in [2.45, 2.75) is 13.3 Å². The molecule has 3 nitrogen and oxygen atoms in total. The van der Waals surface area contributed by atoms with Crippen molar-refractivity contribution < 1.29 is 4.79 Å². The highest BCUT2D eigenvalue weighted by Gasteiger charge is 2.11. The molecule has 3 aromatic rings. The predicted octanol–water partition coefficient (Wildman–Crippen LogP) is 3.43. The highest BCUT2D eigenvalue weighted by Crippen LogP contribution is 2.22. The van der Waals surface area contributed by atoms with E-state index in [0.717, 1.165) is 20.9 Å². The van der Waals surface area contributed by atoms with E-state index in [2.05, 4.69) is 9.97 Å². The molecule has 1 aromatic carbocycles. The van der Waals surface area contributed by atoms with Crippen LogP contribution >= 0.6 is 11.3 Å². The number of hydrogen-bond acceptors (Lipinski definition) is 4. The van der Waals surface area contributed by atoms with Crippen molar-refractivity contribution in [1.29, 1.82) is 0 Å². The minimum Gasteiger partial charge on any atom is -0.294 e. The van der Waals surface area contributed by atoms with Crippen LogP contribution in [0, 0.1) is 6.92 Å². The number of aryl methyl sites for hydroxylation is 1. The van der Waals surface area contributed by atoms with Gasteiger partial charge in [-0.15, -0.1) is 11.3 Å². The number of thiazole rings is 1. The van der Waals surface area contributed by atoms with E-state index in [-0.39, 0.29) is 5.78 Å². The first-order chi connectivity index (χ1) is 9.22. The van der Waals surface area contributed by atoms with Crippen LogP contribution in [0.4, 0.5) is 0 Å². The molecule has 0 bridgehead atoms. The lowest BCUT2D eigenvalue weighted by molar-refractivity contribution is 0.0993. The third kappa shape index (κ3) is 2.53. The number of ketones is 1. The van der Waals surface area contributed by atoms with E-state index in [1.807, 2.05) is 37.3 Å². The van der Waals surface area contributed by atoms with E-state index in [4.69, 9.17) is 0 Å². The summed E-state index contributed by atoms with van der Waals surface area (Å²) in [6.45, 7) is 1.88. The minimum absolute atomic E-state index is 0.0876. The predicted molar refractivity (Wildman–Crippen MR) is 76.6 cm³/mol. The second kappa shape index (κ2) is 4.90. The van der Waals surface area contributed by atoms with Crippen molar-refractivity contribution in [3.63, 3.8) is 0 Å². The smallest absolute Gasteiger partial charge is 0.169 e. The average molecular weight is 268 g/mol. The molecule has 0 aliphatic rings. The molecule has 2 aromatic heterocycles. The molecule has 0 saturated carbocycles. The van der Waals surface area contributed by atoms with E-state index in [1.54, 1.807) is 23.6 Å². The van der Waals surface area contributed by atoms with Crippen LogP contribution in [0.5, 0.6) is 0 Å². The van der Waals surface area contributed by atoms with Crippen molar-refractivity contribution in [3.8, 4) is 0 Å². The molecule has 0 saturated heterocycles. The SMILES string of the molecule is Cc1cc(C(=O)Cc2nc3ccccc3s2)ccn1. The molecule has 19 heavy (non-hydrogen) atoms. The zero-order chi connectivity index (χ0) is 13.2. The zero-order valence-corrected chi connectivity index (χ0v) is 11.3. The number of pyridine rings is 1. The Morgan fingerprint density at radius 3 is 2.89 bits per heavy atom. The summed E-state index contributed by atoms with van der Waals surface area (Å²) < 4.78 is 1.12. The van der Waals surface area contributed by atoms with Gasteiger partial charge < -0.3 is 0 Å². The molecular formula is C15H12N2OS. The van der Waals surface area contributed by atoms with Crippen LogP contribution in [-0.4, -0.2) is 15.8 Å². The fraction of sp³-hybridized carbons (Fsp3) is 0.133. The van der Waals surface area contributed by atoms with Gasteiger partial charge in [-0.05, 0) is 31.2 Å². The number of Topliss-reactive ketones (excluding diaryl/α,β-unsaturated/α-hetero) is 1. The van der Waals surface area contributed by atoms with Gasteiger partial charge in [0.15, 0.2) is 5.78 Å². The van der Waals surface area contributed by atoms with E-state index in [1.165, 1.54) is 0 Å². The van der Waals surface area contributed by atoms with E-state index >= 15 is 0 Å². The van der Waals surface area contributed by atoms with Crippen molar-refractivity contribution in [1.82, 2.24) is 9.97 Å². The van der Waals surface area contributed by atoms with E-state index < -0.39 is 0 Å². The highest BCUT2D eigenvalue weighted by molar-refractivity contribution is 7.18. The number of carbonyl (C=O) groups is 1. The van der Waals surface area contributed by atoms with Crippen LogP contribution in [0.2, 0.25) is 0 Å². The molecular weight excluding hydrogens is 256 g/mol. The molecule has 3 rings (SSSR count). The van der Waals surface area contributed by atoms with Gasteiger partial charge in [0.1, 0.15) is 5.01 Å². The van der Waals surface area contributed by atoms with Crippen molar-refractivity contribution in [3.05, 3.63) is 58.9 Å². The Balaban J connectivity index is 1.86. The van der Waals surface area contributed by atoms with Crippen molar-refractivity contribution >= 4 is 27.3 Å². The number of benzene rings is 1. The van der Waals surface area contributed by atoms with Crippen LogP contribution in [0.25, 0.3) is 10.2 Å². The highest BCUT2D eigenvalue weighted by atomic mass is 32.1. The first-order valence-electron chi connectivity index (χ1n) is 6.03. The number of hydrogen-bond donors (Lipinski definition) is 0. The second-order valence-corrected chi connectivity index (χ2v) is 5.48. The summed E-state index contributed by atoms with van der Waals surface area (Å²) in [5.41, 5.74) is 2.52. The summed E-state index contributed by atoms with van der Waals surface area (Å²) >= 11 is 1.58. The molecule has 0 aliphatic heterocycles. The van der Waals surface area contributed by atoms with Gasteiger partial charge in [0.25, 0.3) is 0 Å². The van der Waals surface area contributed by atoms with E-state index in [9.17, 15) is 4.79 Å². The Morgan fingerprint density at radius 1 is 1.26 bits per heavy atom. The summed E-state index contributed by atoms with van der Waals surface area (Å²) in [6.07, 6.45) is 2.02. The van der Waals surface area contributed by atoms with Gasteiger partial charge >= 0.3 is 0 Å². The number of nitrogens with zero attached hydrogens (tertiary/aromatic N) is 2. The third-order valence-corrected chi connectivity index (χ3v) is 3.90. The molecule has 0 fully saturated rings. The van der Waals surface area contributed by atoms with Gasteiger partial charge in [-0.25, -0.2) is 4.98 Å². The maximum atomic E-state index is 12.2. The number of aromatic nitrogens is 2. The third-order valence-electron chi connectivity index (χ3n) is 2.87. The summed E-state index contributed by atoms with van der Waals surface area (Å²) in [6, 6.07) is 11.5. The lowest BCUT2D eigenvalue weighted by Crippen LogP contribution is -2.03. The molecule has 0 unspecified atom stereocenters. The lowest BCUT2D eigenvalue weighted by Gasteiger charge is -1.99. The Bertz CT molecular complexity index is 715. The standard InChI is InChI=1S/C15H12N2OS/c1-10-8-11(6-7-16-10)13(18)9-15-17-12-4-2-3-5-14(12)19-15/h2-8H,9H2,1H3. The molecule has 0 atom stereocenters. The van der Waals surface area contributed by atoms with Crippen LogP contribution in [0.1, 0.15) is 21.1 Å². The van der Waals surface area contributed by atoms with Gasteiger partial charge in [-0.3, -0.25) is 9.78 Å². The summed E-state index contributed by atoms with van der Waals surface area (Å²) in [5.74, 6) is 0.0876. The monoisotopic (exact) mass is 268 g/mol. The van der Waals surface area contributed by atoms with Gasteiger partial charge in [0, 0.05) is 17.5 Å². The Kier molecular flexibility index (Phi) is 3.09. The van der Waals surface area contributed by atoms with Crippen LogP contribution in [0.3, 0.4) is 0 Å². The molecule has 94 valence electrons. The Morgan fingerprint density at radius 2 is 2.11 bits per heavy atom. The summed E-state index contributed by atoms with van der Waals surface area (Å²) in [5, 5.41) is 0.862. The molecule has 0 spiro atoms. The zero-order valence-electron chi connectivity index (χ0n) is 10.5. The molecule has 4 heteroatoms. The number of para-hydroxylation sites is 1. The number of carbonyl (C=O) groups excluding carboxylic acids is 1. The van der Waals surface area contributed by atoms with Gasteiger partial charge in [0.2, 0.25) is 0 Å². The van der Waals surface area contributed by atoms with Gasteiger partial charge in [-0.1, -0.05) is 12.1 Å². The van der Waals surface area contributed by atoms with Gasteiger partial charge in [-0.2, -0.15) is 0 Å². The first-order valence-corrected chi connectivity index (χ1v) is 6.84. The Hall–Kier alpha value is -2.07. The molecule has 0 amide bonds. The van der Waals surface area contributed by atoms with Crippen LogP contribution in [0.15, 0.2) is 42.6 Å². The first kappa shape index (κ1) is 12.0. The van der Waals surface area contributed by atoms with Crippen LogP contribution in [-0.2, 0) is 6.42 Å². The number of fused-ring (bicyclic) bond motifs is 1. The van der Waals surface area contributed by atoms with Crippen molar-refractivity contribution in [2.24, 2.45) is 0 Å². The van der Waals surface area contributed by atoms with Crippen molar-refractivity contribution in [2.75, 3.05) is 0 Å². The molecule has 2 heterocycles. The Labute approximate surface area is 115 Å². The fourth-order valence-electron chi connectivity index (χ4n) is 1.95. The topological polar surface area (TPSA) is 42.9 Å². The second-order valence-electron chi connectivity index (χ2n) is 4.36.